The fourth-order valence-electron chi connectivity index (χ4n) is 4.03. The number of aromatic amines is 1. The lowest BCUT2D eigenvalue weighted by atomic mass is 9.87. The van der Waals surface area contributed by atoms with Gasteiger partial charge in [-0.25, -0.2) is 0 Å². The quantitative estimate of drug-likeness (QED) is 0.251. The van der Waals surface area contributed by atoms with Gasteiger partial charge in [-0.2, -0.15) is 0 Å². The minimum Gasteiger partial charge on any atom is -0.494 e. The second kappa shape index (κ2) is 6.61. The number of Topliss-reactive ketones (excluding diaryl/α,β-unsaturated/α-hetero) is 2. The molecule has 0 fully saturated rings. The van der Waals surface area contributed by atoms with Crippen molar-refractivity contribution in [2.45, 2.75) is 6.23 Å². The number of pyridine rings is 1. The van der Waals surface area contributed by atoms with Crippen LogP contribution in [0.3, 0.4) is 0 Å². The number of fused-ring (bicyclic) bond motifs is 2. The number of ketones is 2. The van der Waals surface area contributed by atoms with E-state index >= 15 is 0 Å². The van der Waals surface area contributed by atoms with Crippen LogP contribution in [0.4, 0.5) is 0 Å². The highest BCUT2D eigenvalue weighted by Gasteiger charge is 2.34. The number of carbonyl (C=O) groups excluding carboxylic acids is 2. The highest BCUT2D eigenvalue weighted by molar-refractivity contribution is 6.75. The first-order chi connectivity index (χ1) is 14.9. The van der Waals surface area contributed by atoms with E-state index in [-0.39, 0.29) is 27.7 Å². The molecular weight excluding hydrogens is 398 g/mol. The van der Waals surface area contributed by atoms with E-state index in [0.29, 0.717) is 21.7 Å². The lowest BCUT2D eigenvalue weighted by Crippen LogP contribution is -2.44. The topological polar surface area (TPSA) is 143 Å². The van der Waals surface area contributed by atoms with Gasteiger partial charge in [0.25, 0.3) is 17.1 Å². The SMILES string of the molecule is N=C1C(=O)C(=O)C(NC(O)c2ccccc2)=c2c1cc1cccc3c(O)[nH]c(=O)c2c13. The second-order valence-corrected chi connectivity index (χ2v) is 7.25. The van der Waals surface area contributed by atoms with Crippen molar-refractivity contribution in [1.29, 1.82) is 5.41 Å². The molecule has 1 atom stereocenters. The van der Waals surface area contributed by atoms with Crippen LogP contribution in [-0.2, 0) is 9.59 Å². The molecule has 0 amide bonds. The number of aromatic nitrogens is 1. The summed E-state index contributed by atoms with van der Waals surface area (Å²) in [5.74, 6) is -2.38. The molecule has 5 N–H and O–H groups in total. The minimum absolute atomic E-state index is 0.0502. The number of rotatable bonds is 3. The first-order valence-corrected chi connectivity index (χ1v) is 9.40. The van der Waals surface area contributed by atoms with Crippen LogP contribution in [0.2, 0.25) is 0 Å². The van der Waals surface area contributed by atoms with Crippen LogP contribution in [0, 0.1) is 5.41 Å². The van der Waals surface area contributed by atoms with Gasteiger partial charge in [0.15, 0.2) is 12.1 Å². The monoisotopic (exact) mass is 413 g/mol. The molecule has 8 nitrogen and oxygen atoms in total. The van der Waals surface area contributed by atoms with Gasteiger partial charge in [-0.3, -0.25) is 24.8 Å². The number of hydrogen-bond acceptors (Lipinski definition) is 7. The Labute approximate surface area is 173 Å². The van der Waals surface area contributed by atoms with Gasteiger partial charge in [0.05, 0.1) is 11.1 Å². The summed E-state index contributed by atoms with van der Waals surface area (Å²) in [5.41, 5.74) is -0.932. The largest absolute Gasteiger partial charge is 0.494 e. The van der Waals surface area contributed by atoms with Crippen molar-refractivity contribution < 1.29 is 19.8 Å². The Kier molecular flexibility index (Phi) is 3.99. The number of benzene rings is 3. The fraction of sp³-hybridized carbons (Fsp3) is 0.0435. The van der Waals surface area contributed by atoms with Gasteiger partial charge >= 0.3 is 0 Å². The Morgan fingerprint density at radius 2 is 1.68 bits per heavy atom. The maximum Gasteiger partial charge on any atom is 0.259 e. The van der Waals surface area contributed by atoms with Crippen LogP contribution in [0.1, 0.15) is 17.4 Å². The zero-order valence-electron chi connectivity index (χ0n) is 15.9. The molecule has 0 saturated carbocycles. The van der Waals surface area contributed by atoms with Crippen molar-refractivity contribution in [1.82, 2.24) is 10.3 Å². The molecule has 0 spiro atoms. The summed E-state index contributed by atoms with van der Waals surface area (Å²) in [4.78, 5) is 40.6. The molecule has 3 aromatic carbocycles. The average molecular weight is 413 g/mol. The first-order valence-electron chi connectivity index (χ1n) is 9.40. The number of H-pyrrole nitrogens is 1. The lowest BCUT2D eigenvalue weighted by molar-refractivity contribution is -0.129. The van der Waals surface area contributed by atoms with Gasteiger partial charge in [0.1, 0.15) is 5.71 Å². The third-order valence-corrected chi connectivity index (χ3v) is 5.46. The van der Waals surface area contributed by atoms with Gasteiger partial charge in [0.2, 0.25) is 0 Å². The maximum absolute atomic E-state index is 12.9. The molecule has 0 radical (unpaired) electrons. The van der Waals surface area contributed by atoms with E-state index in [1.807, 2.05) is 0 Å². The Bertz CT molecular complexity index is 1550. The predicted octanol–water partition coefficient (Wildman–Crippen LogP) is 1.01. The lowest BCUT2D eigenvalue weighted by Gasteiger charge is -2.22. The van der Waals surface area contributed by atoms with E-state index in [9.17, 15) is 24.6 Å². The second-order valence-electron chi connectivity index (χ2n) is 7.25. The van der Waals surface area contributed by atoms with Crippen molar-refractivity contribution in [2.75, 3.05) is 0 Å². The fourth-order valence-corrected chi connectivity index (χ4v) is 4.03. The van der Waals surface area contributed by atoms with Crippen molar-refractivity contribution in [3.63, 3.8) is 0 Å². The van der Waals surface area contributed by atoms with E-state index in [1.165, 1.54) is 6.07 Å². The van der Waals surface area contributed by atoms with E-state index < -0.39 is 29.1 Å². The van der Waals surface area contributed by atoms with Crippen molar-refractivity contribution in [2.24, 2.45) is 0 Å². The van der Waals surface area contributed by atoms with Gasteiger partial charge in [0, 0.05) is 27.1 Å². The Morgan fingerprint density at radius 3 is 2.42 bits per heavy atom. The summed E-state index contributed by atoms with van der Waals surface area (Å²) in [5, 5.41) is 33.1. The van der Waals surface area contributed by atoms with Crippen LogP contribution in [-0.4, -0.2) is 32.5 Å². The van der Waals surface area contributed by atoms with Crippen LogP contribution < -0.4 is 16.1 Å². The summed E-state index contributed by atoms with van der Waals surface area (Å²) in [6.45, 7) is 0. The number of aliphatic hydroxyl groups is 1. The van der Waals surface area contributed by atoms with Crippen LogP contribution in [0.5, 0.6) is 5.88 Å². The summed E-state index contributed by atoms with van der Waals surface area (Å²) < 4.78 is 0. The Morgan fingerprint density at radius 1 is 0.935 bits per heavy atom. The molecule has 0 saturated heterocycles. The predicted molar refractivity (Wildman–Crippen MR) is 114 cm³/mol. The van der Waals surface area contributed by atoms with Gasteiger partial charge in [-0.15, -0.1) is 0 Å². The van der Waals surface area contributed by atoms with E-state index in [4.69, 9.17) is 5.41 Å². The molecule has 0 bridgehead atoms. The standard InChI is InChI=1S/C23H15N3O5/c24-17-13-9-11-7-4-8-12-14(11)16(23(31)26-22(12)30)15(13)18(20(28)19(17)27)25-21(29)10-5-2-1-3-6-10/h1-9,21,24-25,29H,(H2,26,30,31). The molecular formula is C23H15N3O5. The minimum atomic E-state index is -1.34. The average Bonchev–Trinajstić information content (AvgIpc) is 2.78. The molecule has 1 aromatic heterocycles. The Hall–Kier alpha value is -4.30. The number of carbonyl (C=O) groups is 2. The molecule has 1 unspecified atom stereocenters. The molecule has 1 heterocycles. The van der Waals surface area contributed by atoms with Crippen LogP contribution in [0.25, 0.3) is 27.2 Å². The van der Waals surface area contributed by atoms with Crippen LogP contribution >= 0.6 is 0 Å². The first kappa shape index (κ1) is 18.7. The van der Waals surface area contributed by atoms with Crippen molar-refractivity contribution >= 4 is 44.5 Å². The normalized spacial score (nSPS) is 14.9. The molecule has 8 heteroatoms. The number of aliphatic hydroxyl groups excluding tert-OH is 1. The van der Waals surface area contributed by atoms with E-state index in [1.54, 1.807) is 48.5 Å². The number of hydrogen-bond donors (Lipinski definition) is 5. The highest BCUT2D eigenvalue weighted by Crippen LogP contribution is 2.29. The van der Waals surface area contributed by atoms with Crippen molar-refractivity contribution in [3.05, 3.63) is 81.3 Å². The molecule has 0 aliphatic heterocycles. The molecule has 5 rings (SSSR count). The highest BCUT2D eigenvalue weighted by atomic mass is 16.3. The molecule has 1 aliphatic carbocycles. The zero-order chi connectivity index (χ0) is 21.9. The smallest absolute Gasteiger partial charge is 0.259 e. The van der Waals surface area contributed by atoms with Gasteiger partial charge < -0.3 is 15.5 Å². The van der Waals surface area contributed by atoms with Gasteiger partial charge in [-0.05, 0) is 17.5 Å². The van der Waals surface area contributed by atoms with Crippen LogP contribution in [0.15, 0.2) is 59.4 Å². The summed E-state index contributed by atoms with van der Waals surface area (Å²) in [6, 6.07) is 15.0. The number of aromatic hydroxyl groups is 1. The maximum atomic E-state index is 12.9. The van der Waals surface area contributed by atoms with E-state index in [2.05, 4.69) is 10.3 Å². The van der Waals surface area contributed by atoms with E-state index in [0.717, 1.165) is 0 Å². The van der Waals surface area contributed by atoms with Crippen molar-refractivity contribution in [3.8, 4) is 5.88 Å². The summed E-state index contributed by atoms with van der Waals surface area (Å²) >= 11 is 0. The molecule has 1 aliphatic rings. The molecule has 152 valence electrons. The summed E-state index contributed by atoms with van der Waals surface area (Å²) in [6.07, 6.45) is -1.34. The Balaban J connectivity index is 1.93. The third-order valence-electron chi connectivity index (χ3n) is 5.46. The molecule has 31 heavy (non-hydrogen) atoms. The third kappa shape index (κ3) is 2.66. The van der Waals surface area contributed by atoms with Gasteiger partial charge in [-0.1, -0.05) is 42.5 Å². The summed E-state index contributed by atoms with van der Waals surface area (Å²) in [7, 11) is 0. The zero-order valence-corrected chi connectivity index (χ0v) is 15.9. The molecule has 4 aromatic rings. The number of nitrogens with one attached hydrogen (secondary N) is 3.